The van der Waals surface area contributed by atoms with Gasteiger partial charge < -0.3 is 15.2 Å². The Labute approximate surface area is 202 Å². The zero-order valence-corrected chi connectivity index (χ0v) is 19.8. The van der Waals surface area contributed by atoms with Crippen LogP contribution in [-0.4, -0.2) is 67.7 Å². The zero-order chi connectivity index (χ0) is 23.5. The van der Waals surface area contributed by atoms with E-state index in [0.29, 0.717) is 41.4 Å². The quantitative estimate of drug-likeness (QED) is 0.576. The average molecular weight is 483 g/mol. The third-order valence-electron chi connectivity index (χ3n) is 7.55. The maximum Gasteiger partial charge on any atom is 0.235 e. The zero-order valence-electron chi connectivity index (χ0n) is 19.0. The van der Waals surface area contributed by atoms with E-state index in [1.165, 1.54) is 0 Å². The van der Waals surface area contributed by atoms with Crippen molar-refractivity contribution in [2.75, 3.05) is 31.6 Å². The Bertz CT molecular complexity index is 1260. The number of ether oxygens (including phenoxy) is 1. The van der Waals surface area contributed by atoms with Crippen LogP contribution in [0.2, 0.25) is 5.02 Å². The van der Waals surface area contributed by atoms with E-state index in [0.717, 1.165) is 43.7 Å². The topological polar surface area (TPSA) is 105 Å². The molecular formula is C24H27ClN6O3. The number of nitrogens with one attached hydrogen (secondary N) is 1. The summed E-state index contributed by atoms with van der Waals surface area (Å²) in [5, 5.41) is 22.1. The first-order chi connectivity index (χ1) is 16.3. The molecule has 1 saturated heterocycles. The first-order valence-corrected chi connectivity index (χ1v) is 12.1. The van der Waals surface area contributed by atoms with Crippen LogP contribution in [0.4, 0.5) is 5.69 Å². The van der Waals surface area contributed by atoms with Crippen molar-refractivity contribution in [1.82, 2.24) is 24.9 Å². The lowest BCUT2D eigenvalue weighted by molar-refractivity contribution is -0.122. The van der Waals surface area contributed by atoms with Crippen molar-refractivity contribution in [3.8, 4) is 5.75 Å². The lowest BCUT2D eigenvalue weighted by Crippen LogP contribution is -2.47. The smallest absolute Gasteiger partial charge is 0.235 e. The normalized spacial score (nSPS) is 25.9. The molecule has 1 aromatic carbocycles. The number of hydrogen-bond acceptors (Lipinski definition) is 7. The van der Waals surface area contributed by atoms with Crippen LogP contribution in [0.15, 0.2) is 30.5 Å². The number of nitrogens with zero attached hydrogens (tertiary/aromatic N) is 5. The van der Waals surface area contributed by atoms with Crippen LogP contribution in [0.5, 0.6) is 5.75 Å². The molecule has 2 aliphatic heterocycles. The van der Waals surface area contributed by atoms with Crippen LogP contribution in [0.3, 0.4) is 0 Å². The molecule has 3 aromatic rings. The van der Waals surface area contributed by atoms with Gasteiger partial charge in [-0.3, -0.25) is 9.69 Å². The second-order valence-electron chi connectivity index (χ2n) is 10.0. The van der Waals surface area contributed by atoms with Gasteiger partial charge in [0.2, 0.25) is 5.91 Å². The van der Waals surface area contributed by atoms with E-state index >= 15 is 0 Å². The maximum atomic E-state index is 12.8. The van der Waals surface area contributed by atoms with E-state index in [2.05, 4.69) is 25.5 Å². The van der Waals surface area contributed by atoms with Crippen molar-refractivity contribution in [2.45, 2.75) is 49.7 Å². The van der Waals surface area contributed by atoms with Crippen molar-refractivity contribution >= 4 is 34.4 Å². The molecule has 3 aliphatic rings. The minimum Gasteiger partial charge on any atom is -0.491 e. The number of fused-ring (bicyclic) bond motifs is 3. The summed E-state index contributed by atoms with van der Waals surface area (Å²) >= 11 is 6.21. The first kappa shape index (κ1) is 21.8. The van der Waals surface area contributed by atoms with Crippen LogP contribution in [0.25, 0.3) is 11.2 Å². The number of halogens is 1. The van der Waals surface area contributed by atoms with Gasteiger partial charge in [-0.1, -0.05) is 16.8 Å². The van der Waals surface area contributed by atoms with E-state index in [9.17, 15) is 9.90 Å². The number of anilines is 1. The lowest BCUT2D eigenvalue weighted by atomic mass is 9.73. The number of aliphatic hydroxyl groups is 1. The summed E-state index contributed by atoms with van der Waals surface area (Å²) in [6, 6.07) is 7.63. The summed E-state index contributed by atoms with van der Waals surface area (Å²) in [6.07, 6.45) is 4.53. The molecular weight excluding hydrogens is 456 g/mol. The number of benzene rings is 1. The number of pyridine rings is 1. The summed E-state index contributed by atoms with van der Waals surface area (Å²) in [6.45, 7) is 4.76. The Kier molecular flexibility index (Phi) is 5.05. The van der Waals surface area contributed by atoms with Crippen molar-refractivity contribution in [3.63, 3.8) is 0 Å². The number of piperidine rings is 1. The molecule has 0 atom stereocenters. The Morgan fingerprint density at radius 2 is 2.06 bits per heavy atom. The SMILES string of the molecule is CC1(O)CC(n2nnc3cc(OCCN4CCC5(CC4)C(=O)Nc4ccc(Cl)cc45)cnc32)C1. The molecule has 10 heteroatoms. The van der Waals surface area contributed by atoms with Crippen LogP contribution < -0.4 is 10.1 Å². The van der Waals surface area contributed by atoms with E-state index in [-0.39, 0.29) is 11.9 Å². The molecule has 178 valence electrons. The number of hydrogen-bond donors (Lipinski definition) is 2. The summed E-state index contributed by atoms with van der Waals surface area (Å²) in [5.41, 5.74) is 2.20. The Balaban J connectivity index is 1.04. The summed E-state index contributed by atoms with van der Waals surface area (Å²) in [4.78, 5) is 19.6. The fourth-order valence-electron chi connectivity index (χ4n) is 5.60. The number of carbonyl (C=O) groups is 1. The van der Waals surface area contributed by atoms with Gasteiger partial charge in [0.15, 0.2) is 5.65 Å². The summed E-state index contributed by atoms with van der Waals surface area (Å²) in [5.74, 6) is 0.742. The fourth-order valence-corrected chi connectivity index (χ4v) is 5.77. The molecule has 4 heterocycles. The van der Waals surface area contributed by atoms with Crippen LogP contribution >= 0.6 is 11.6 Å². The molecule has 34 heavy (non-hydrogen) atoms. The Hall–Kier alpha value is -2.75. The molecule has 0 unspecified atom stereocenters. The summed E-state index contributed by atoms with van der Waals surface area (Å²) < 4.78 is 7.75. The van der Waals surface area contributed by atoms with Gasteiger partial charge in [-0.25, -0.2) is 9.67 Å². The van der Waals surface area contributed by atoms with E-state index < -0.39 is 11.0 Å². The van der Waals surface area contributed by atoms with Crippen molar-refractivity contribution in [2.24, 2.45) is 0 Å². The number of rotatable bonds is 5. The Morgan fingerprint density at radius 1 is 1.26 bits per heavy atom. The third-order valence-corrected chi connectivity index (χ3v) is 7.79. The molecule has 0 radical (unpaired) electrons. The predicted octanol–water partition coefficient (Wildman–Crippen LogP) is 2.93. The van der Waals surface area contributed by atoms with Gasteiger partial charge in [0, 0.05) is 23.3 Å². The fraction of sp³-hybridized carbons (Fsp3) is 0.500. The van der Waals surface area contributed by atoms with Crippen LogP contribution in [-0.2, 0) is 10.2 Å². The van der Waals surface area contributed by atoms with E-state index in [4.69, 9.17) is 16.3 Å². The van der Waals surface area contributed by atoms with Crippen LogP contribution in [0, 0.1) is 0 Å². The molecule has 2 fully saturated rings. The molecule has 2 N–H and O–H groups in total. The molecule has 1 saturated carbocycles. The van der Waals surface area contributed by atoms with Crippen molar-refractivity contribution < 1.29 is 14.6 Å². The van der Waals surface area contributed by atoms with Crippen molar-refractivity contribution in [3.05, 3.63) is 41.0 Å². The van der Waals surface area contributed by atoms with E-state index in [1.807, 2.05) is 31.2 Å². The highest BCUT2D eigenvalue weighted by molar-refractivity contribution is 6.31. The van der Waals surface area contributed by atoms with Gasteiger partial charge in [0.25, 0.3) is 0 Å². The highest BCUT2D eigenvalue weighted by Crippen LogP contribution is 2.46. The molecule has 2 aromatic heterocycles. The van der Waals surface area contributed by atoms with Gasteiger partial charge in [0.1, 0.15) is 17.9 Å². The average Bonchev–Trinajstić information content (AvgIpc) is 3.32. The largest absolute Gasteiger partial charge is 0.491 e. The molecule has 0 bridgehead atoms. The monoisotopic (exact) mass is 482 g/mol. The molecule has 1 spiro atoms. The minimum absolute atomic E-state index is 0.0820. The predicted molar refractivity (Wildman–Crippen MR) is 127 cm³/mol. The molecule has 1 amide bonds. The highest BCUT2D eigenvalue weighted by atomic mass is 35.5. The highest BCUT2D eigenvalue weighted by Gasteiger charge is 2.48. The lowest BCUT2D eigenvalue weighted by Gasteiger charge is -2.40. The molecule has 9 nitrogen and oxygen atoms in total. The maximum absolute atomic E-state index is 12.8. The minimum atomic E-state index is -0.627. The number of aromatic nitrogens is 4. The van der Waals surface area contributed by atoms with Gasteiger partial charge in [0.05, 0.1) is 23.3 Å². The van der Waals surface area contributed by atoms with Gasteiger partial charge in [-0.15, -0.1) is 5.10 Å². The second-order valence-corrected chi connectivity index (χ2v) is 10.5. The number of carbonyl (C=O) groups excluding carboxylic acids is 1. The molecule has 1 aliphatic carbocycles. The Morgan fingerprint density at radius 3 is 2.82 bits per heavy atom. The van der Waals surface area contributed by atoms with Gasteiger partial charge in [-0.05, 0) is 69.5 Å². The standard InChI is InChI=1S/C24H27ClN6O3/c1-23(33)12-16(13-23)31-21-20(28-29-31)11-17(14-26-21)34-9-8-30-6-4-24(5-7-30)18-10-15(25)2-3-19(18)27-22(24)32/h2-3,10-11,14,16,33H,4-9,12-13H2,1H3,(H,27,32). The first-order valence-electron chi connectivity index (χ1n) is 11.7. The summed E-state index contributed by atoms with van der Waals surface area (Å²) in [7, 11) is 0. The number of amides is 1. The molecule has 6 rings (SSSR count). The van der Waals surface area contributed by atoms with Gasteiger partial charge in [-0.2, -0.15) is 0 Å². The van der Waals surface area contributed by atoms with E-state index in [1.54, 1.807) is 10.9 Å². The second kappa shape index (κ2) is 7.90. The van der Waals surface area contributed by atoms with Crippen LogP contribution in [0.1, 0.15) is 44.2 Å². The number of likely N-dealkylation sites (tertiary alicyclic amines) is 1. The van der Waals surface area contributed by atoms with Crippen molar-refractivity contribution in [1.29, 1.82) is 0 Å². The third kappa shape index (κ3) is 3.62. The van der Waals surface area contributed by atoms with Gasteiger partial charge >= 0.3 is 0 Å².